The molecule has 3 rings (SSSR count). The van der Waals surface area contributed by atoms with Crippen molar-refractivity contribution in [1.82, 2.24) is 15.0 Å². The van der Waals surface area contributed by atoms with Gasteiger partial charge < -0.3 is 4.98 Å². The fraction of sp³-hybridized carbons (Fsp3) is 0.0667. The molecule has 0 aliphatic rings. The van der Waals surface area contributed by atoms with E-state index in [1.807, 2.05) is 0 Å². The lowest BCUT2D eigenvalue weighted by Crippen LogP contribution is -2.15. The smallest absolute Gasteiger partial charge is 0.258 e. The van der Waals surface area contributed by atoms with Gasteiger partial charge in [-0.15, -0.1) is 0 Å². The number of pyridine rings is 1. The summed E-state index contributed by atoms with van der Waals surface area (Å²) in [4.78, 5) is 34.9. The van der Waals surface area contributed by atoms with Crippen LogP contribution >= 0.6 is 0 Å². The van der Waals surface area contributed by atoms with Crippen LogP contribution in [0.25, 0.3) is 10.9 Å². The zero-order valence-corrected chi connectivity index (χ0v) is 10.5. The number of benzene rings is 1. The molecule has 0 saturated carbocycles. The molecule has 20 heavy (non-hydrogen) atoms. The summed E-state index contributed by atoms with van der Waals surface area (Å²) in [6.07, 6.45) is 1.58. The van der Waals surface area contributed by atoms with Crippen LogP contribution in [-0.2, 0) is 6.42 Å². The largest absolute Gasteiger partial charge is 0.310 e. The minimum atomic E-state index is -0.237. The predicted octanol–water partition coefficient (Wildman–Crippen LogP) is 1.74. The van der Waals surface area contributed by atoms with Crippen molar-refractivity contribution >= 4 is 16.7 Å². The summed E-state index contributed by atoms with van der Waals surface area (Å²) in [5, 5.41) is 0.515. The molecule has 1 N–H and O–H groups in total. The topological polar surface area (TPSA) is 75.7 Å². The molecule has 0 aliphatic heterocycles. The summed E-state index contributed by atoms with van der Waals surface area (Å²) < 4.78 is 0. The molecule has 3 aromatic rings. The molecule has 2 heterocycles. The third kappa shape index (κ3) is 2.33. The van der Waals surface area contributed by atoms with Gasteiger partial charge in [0, 0.05) is 6.20 Å². The standard InChI is InChI=1S/C15H11N3O2/c19-13(12-7-3-4-8-16-12)9-14-17-11-6-2-1-5-10(11)15(20)18-14/h1-8H,9H2,(H,17,18,20). The highest BCUT2D eigenvalue weighted by Gasteiger charge is 2.11. The molecule has 0 saturated heterocycles. The Kier molecular flexibility index (Phi) is 3.09. The Morgan fingerprint density at radius 3 is 2.70 bits per heavy atom. The Bertz CT molecular complexity index is 825. The van der Waals surface area contributed by atoms with Crippen LogP contribution in [-0.4, -0.2) is 20.7 Å². The van der Waals surface area contributed by atoms with Gasteiger partial charge in [0.05, 0.1) is 17.3 Å². The zero-order valence-electron chi connectivity index (χ0n) is 10.5. The first-order chi connectivity index (χ1) is 9.74. The van der Waals surface area contributed by atoms with Crippen LogP contribution in [0.1, 0.15) is 16.3 Å². The summed E-state index contributed by atoms with van der Waals surface area (Å²) in [6, 6.07) is 12.2. The lowest BCUT2D eigenvalue weighted by molar-refractivity contribution is 0.0986. The molecule has 0 spiro atoms. The minimum absolute atomic E-state index is 0.0249. The number of aromatic nitrogens is 3. The molecule has 5 nitrogen and oxygen atoms in total. The quantitative estimate of drug-likeness (QED) is 0.732. The van der Waals surface area contributed by atoms with E-state index >= 15 is 0 Å². The minimum Gasteiger partial charge on any atom is -0.310 e. The molecule has 0 radical (unpaired) electrons. The number of hydrogen-bond donors (Lipinski definition) is 1. The molecule has 0 fully saturated rings. The SMILES string of the molecule is O=C(Cc1nc2ccccc2c(=O)[nH]1)c1ccccn1. The first-order valence-electron chi connectivity index (χ1n) is 6.16. The number of nitrogens with zero attached hydrogens (tertiary/aromatic N) is 2. The first-order valence-corrected chi connectivity index (χ1v) is 6.16. The number of Topliss-reactive ketones (excluding diaryl/α,β-unsaturated/α-hetero) is 1. The van der Waals surface area contributed by atoms with Crippen LogP contribution in [0.5, 0.6) is 0 Å². The van der Waals surface area contributed by atoms with Gasteiger partial charge in [0.1, 0.15) is 11.5 Å². The second kappa shape index (κ2) is 5.05. The molecule has 0 amide bonds. The van der Waals surface area contributed by atoms with Gasteiger partial charge in [0.15, 0.2) is 5.78 Å². The van der Waals surface area contributed by atoms with E-state index < -0.39 is 0 Å². The van der Waals surface area contributed by atoms with Gasteiger partial charge >= 0.3 is 0 Å². The van der Waals surface area contributed by atoms with Gasteiger partial charge in [-0.3, -0.25) is 14.6 Å². The Balaban J connectivity index is 1.96. The van der Waals surface area contributed by atoms with E-state index in [9.17, 15) is 9.59 Å². The van der Waals surface area contributed by atoms with Gasteiger partial charge in [-0.1, -0.05) is 18.2 Å². The number of rotatable bonds is 3. The Morgan fingerprint density at radius 2 is 1.90 bits per heavy atom. The van der Waals surface area contributed by atoms with Gasteiger partial charge in [-0.2, -0.15) is 0 Å². The molecular weight excluding hydrogens is 254 g/mol. The van der Waals surface area contributed by atoms with E-state index in [0.29, 0.717) is 22.4 Å². The van der Waals surface area contributed by atoms with Crippen LogP contribution in [0.4, 0.5) is 0 Å². The maximum Gasteiger partial charge on any atom is 0.258 e. The van der Waals surface area contributed by atoms with Crippen LogP contribution in [0, 0.1) is 0 Å². The summed E-state index contributed by atoms with van der Waals surface area (Å²) in [6.45, 7) is 0. The van der Waals surface area contributed by atoms with Gasteiger partial charge in [0.25, 0.3) is 5.56 Å². The number of H-pyrrole nitrogens is 1. The highest BCUT2D eigenvalue weighted by atomic mass is 16.1. The molecule has 0 aliphatic carbocycles. The van der Waals surface area contributed by atoms with Gasteiger partial charge in [-0.05, 0) is 24.3 Å². The van der Waals surface area contributed by atoms with Gasteiger partial charge in [0.2, 0.25) is 0 Å². The molecule has 0 bridgehead atoms. The molecule has 0 atom stereocenters. The number of aromatic amines is 1. The number of para-hydroxylation sites is 1. The van der Waals surface area contributed by atoms with E-state index in [-0.39, 0.29) is 17.8 Å². The number of carbonyl (C=O) groups is 1. The molecule has 1 aromatic carbocycles. The van der Waals surface area contributed by atoms with Crippen LogP contribution in [0.15, 0.2) is 53.5 Å². The first kappa shape index (κ1) is 12.2. The number of hydrogen-bond acceptors (Lipinski definition) is 4. The molecule has 2 aromatic heterocycles. The van der Waals surface area contributed by atoms with Crippen molar-refractivity contribution in [2.75, 3.05) is 0 Å². The van der Waals surface area contributed by atoms with Crippen molar-refractivity contribution in [3.05, 3.63) is 70.5 Å². The average Bonchev–Trinajstić information content (AvgIpc) is 2.48. The lowest BCUT2D eigenvalue weighted by Gasteiger charge is -2.02. The third-order valence-corrected chi connectivity index (χ3v) is 2.94. The Labute approximate surface area is 114 Å². The normalized spacial score (nSPS) is 10.6. The molecule has 98 valence electrons. The zero-order chi connectivity index (χ0) is 13.9. The number of nitrogens with one attached hydrogen (secondary N) is 1. The van der Waals surface area contributed by atoms with Crippen LogP contribution < -0.4 is 5.56 Å². The van der Waals surface area contributed by atoms with E-state index in [4.69, 9.17) is 0 Å². The van der Waals surface area contributed by atoms with Crippen LogP contribution in [0.3, 0.4) is 0 Å². The van der Waals surface area contributed by atoms with Crippen molar-refractivity contribution < 1.29 is 4.79 Å². The monoisotopic (exact) mass is 265 g/mol. The van der Waals surface area contributed by atoms with Crippen LogP contribution in [0.2, 0.25) is 0 Å². The maximum absolute atomic E-state index is 12.0. The summed E-state index contributed by atoms with van der Waals surface area (Å²) in [5.41, 5.74) is 0.711. The van der Waals surface area contributed by atoms with E-state index in [0.717, 1.165) is 0 Å². The molecule has 0 unspecified atom stereocenters. The second-order valence-corrected chi connectivity index (χ2v) is 4.34. The lowest BCUT2D eigenvalue weighted by atomic mass is 10.2. The summed E-state index contributed by atoms with van der Waals surface area (Å²) >= 11 is 0. The third-order valence-electron chi connectivity index (χ3n) is 2.94. The summed E-state index contributed by atoms with van der Waals surface area (Å²) in [5.74, 6) is 0.174. The van der Waals surface area contributed by atoms with Crippen molar-refractivity contribution in [3.8, 4) is 0 Å². The van der Waals surface area contributed by atoms with Crippen molar-refractivity contribution in [2.45, 2.75) is 6.42 Å². The van der Waals surface area contributed by atoms with Crippen molar-refractivity contribution in [3.63, 3.8) is 0 Å². The average molecular weight is 265 g/mol. The van der Waals surface area contributed by atoms with E-state index in [2.05, 4.69) is 15.0 Å². The highest BCUT2D eigenvalue weighted by molar-refractivity contribution is 5.95. The fourth-order valence-electron chi connectivity index (χ4n) is 1.99. The molecule has 5 heteroatoms. The fourth-order valence-corrected chi connectivity index (χ4v) is 1.99. The number of ketones is 1. The maximum atomic E-state index is 12.0. The van der Waals surface area contributed by atoms with Crippen molar-refractivity contribution in [2.24, 2.45) is 0 Å². The van der Waals surface area contributed by atoms with E-state index in [1.54, 1.807) is 48.7 Å². The highest BCUT2D eigenvalue weighted by Crippen LogP contribution is 2.07. The van der Waals surface area contributed by atoms with Crippen molar-refractivity contribution in [1.29, 1.82) is 0 Å². The number of fused-ring (bicyclic) bond motifs is 1. The second-order valence-electron chi connectivity index (χ2n) is 4.34. The number of carbonyl (C=O) groups excluding carboxylic acids is 1. The summed E-state index contributed by atoms with van der Waals surface area (Å²) in [7, 11) is 0. The Morgan fingerprint density at radius 1 is 1.10 bits per heavy atom. The molecular formula is C15H11N3O2. The predicted molar refractivity (Wildman–Crippen MR) is 74.6 cm³/mol. The van der Waals surface area contributed by atoms with Gasteiger partial charge in [-0.25, -0.2) is 4.98 Å². The Hall–Kier alpha value is -2.82. The van der Waals surface area contributed by atoms with E-state index in [1.165, 1.54) is 0 Å².